The summed E-state index contributed by atoms with van der Waals surface area (Å²) in [7, 11) is -3.65. The Morgan fingerprint density at radius 2 is 1.84 bits per heavy atom. The molecule has 1 aliphatic heterocycles. The number of hydrogen-bond acceptors (Lipinski definition) is 5. The third-order valence-corrected chi connectivity index (χ3v) is 7.44. The molecule has 8 heteroatoms. The van der Waals surface area contributed by atoms with Crippen molar-refractivity contribution < 1.29 is 17.9 Å². The van der Waals surface area contributed by atoms with Gasteiger partial charge < -0.3 is 15.0 Å². The minimum atomic E-state index is -3.65. The standard InChI is InChI=1S/C24H31N3O4S/c1-4-27(5-2)32(29,30)21-10-11-23(26-13-15-31-16-14-26)22(18-21)25-24(28)12-9-20-8-6-7-19(3)17-20/h6-12,17-18H,4-5,13-16H2,1-3H3,(H,25,28)/b12-9+. The van der Waals surface area contributed by atoms with E-state index >= 15 is 0 Å². The molecule has 32 heavy (non-hydrogen) atoms. The van der Waals surface area contributed by atoms with Crippen LogP contribution in [0.2, 0.25) is 0 Å². The number of hydrogen-bond donors (Lipinski definition) is 1. The van der Waals surface area contributed by atoms with Gasteiger partial charge in [-0.25, -0.2) is 8.42 Å². The van der Waals surface area contributed by atoms with E-state index in [-0.39, 0.29) is 10.8 Å². The van der Waals surface area contributed by atoms with Crippen molar-refractivity contribution in [3.8, 4) is 0 Å². The van der Waals surface area contributed by atoms with E-state index in [2.05, 4.69) is 10.2 Å². The van der Waals surface area contributed by atoms with E-state index in [9.17, 15) is 13.2 Å². The molecule has 2 aromatic rings. The number of sulfonamides is 1. The average Bonchev–Trinajstić information content (AvgIpc) is 2.79. The molecule has 1 N–H and O–H groups in total. The first kappa shape index (κ1) is 24.0. The van der Waals surface area contributed by atoms with Crippen LogP contribution >= 0.6 is 0 Å². The van der Waals surface area contributed by atoms with Crippen LogP contribution in [0.3, 0.4) is 0 Å². The van der Waals surface area contributed by atoms with E-state index in [0.29, 0.717) is 45.1 Å². The van der Waals surface area contributed by atoms with E-state index in [1.807, 2.05) is 45.0 Å². The summed E-state index contributed by atoms with van der Waals surface area (Å²) in [6.07, 6.45) is 3.21. The average molecular weight is 458 g/mol. The van der Waals surface area contributed by atoms with Gasteiger partial charge in [0, 0.05) is 32.3 Å². The van der Waals surface area contributed by atoms with Crippen LogP contribution in [0.4, 0.5) is 11.4 Å². The monoisotopic (exact) mass is 457 g/mol. The molecule has 2 aromatic carbocycles. The fourth-order valence-electron chi connectivity index (χ4n) is 3.69. The number of aryl methyl sites for hydroxylation is 1. The number of carbonyl (C=O) groups excluding carboxylic acids is 1. The van der Waals surface area contributed by atoms with Crippen LogP contribution in [-0.2, 0) is 19.6 Å². The highest BCUT2D eigenvalue weighted by atomic mass is 32.2. The van der Waals surface area contributed by atoms with Crippen LogP contribution in [-0.4, -0.2) is 58.0 Å². The van der Waals surface area contributed by atoms with Crippen molar-refractivity contribution >= 4 is 33.4 Å². The zero-order valence-corrected chi connectivity index (χ0v) is 19.7. The van der Waals surface area contributed by atoms with Crippen LogP contribution in [0.15, 0.2) is 53.4 Å². The summed E-state index contributed by atoms with van der Waals surface area (Å²) in [5.74, 6) is -0.321. The maximum absolute atomic E-state index is 13.0. The Bertz CT molecular complexity index is 1070. The maximum atomic E-state index is 13.0. The molecule has 7 nitrogen and oxygen atoms in total. The van der Waals surface area contributed by atoms with Crippen LogP contribution in [0.25, 0.3) is 6.08 Å². The van der Waals surface area contributed by atoms with Gasteiger partial charge in [0.1, 0.15) is 0 Å². The van der Waals surface area contributed by atoms with Crippen molar-refractivity contribution in [2.24, 2.45) is 0 Å². The lowest BCUT2D eigenvalue weighted by atomic mass is 10.1. The predicted octanol–water partition coefficient (Wildman–Crippen LogP) is 3.51. The third-order valence-electron chi connectivity index (χ3n) is 5.39. The number of amides is 1. The van der Waals surface area contributed by atoms with E-state index in [1.165, 1.54) is 10.4 Å². The minimum absolute atomic E-state index is 0.163. The summed E-state index contributed by atoms with van der Waals surface area (Å²) >= 11 is 0. The van der Waals surface area contributed by atoms with Gasteiger partial charge in [0.2, 0.25) is 15.9 Å². The van der Waals surface area contributed by atoms with Crippen LogP contribution in [0.5, 0.6) is 0 Å². The van der Waals surface area contributed by atoms with Crippen molar-refractivity contribution in [2.75, 3.05) is 49.6 Å². The first-order chi connectivity index (χ1) is 15.3. The lowest BCUT2D eigenvalue weighted by molar-refractivity contribution is -0.111. The zero-order chi connectivity index (χ0) is 23.1. The molecule has 0 aromatic heterocycles. The van der Waals surface area contributed by atoms with Crippen LogP contribution < -0.4 is 10.2 Å². The summed E-state index contributed by atoms with van der Waals surface area (Å²) in [5.41, 5.74) is 3.28. The van der Waals surface area contributed by atoms with Gasteiger partial charge in [0.15, 0.2) is 0 Å². The van der Waals surface area contributed by atoms with Gasteiger partial charge in [-0.3, -0.25) is 4.79 Å². The van der Waals surface area contributed by atoms with Crippen molar-refractivity contribution in [3.05, 3.63) is 59.7 Å². The predicted molar refractivity (Wildman–Crippen MR) is 128 cm³/mol. The van der Waals surface area contributed by atoms with Gasteiger partial charge in [-0.05, 0) is 36.8 Å². The molecule has 0 radical (unpaired) electrons. The van der Waals surface area contributed by atoms with Crippen molar-refractivity contribution in [3.63, 3.8) is 0 Å². The number of benzene rings is 2. The van der Waals surface area contributed by atoms with Crippen molar-refractivity contribution in [1.82, 2.24) is 4.31 Å². The fourth-order valence-corrected chi connectivity index (χ4v) is 5.17. The first-order valence-electron chi connectivity index (χ1n) is 10.9. The van der Waals surface area contributed by atoms with Gasteiger partial charge in [-0.15, -0.1) is 0 Å². The number of nitrogens with zero attached hydrogens (tertiary/aromatic N) is 2. The van der Waals surface area contributed by atoms with Gasteiger partial charge in [-0.2, -0.15) is 4.31 Å². The Hall–Kier alpha value is -2.68. The summed E-state index contributed by atoms with van der Waals surface area (Å²) < 4.78 is 32.9. The lowest BCUT2D eigenvalue weighted by Crippen LogP contribution is -2.37. The van der Waals surface area contributed by atoms with E-state index < -0.39 is 10.0 Å². The van der Waals surface area contributed by atoms with Gasteiger partial charge >= 0.3 is 0 Å². The lowest BCUT2D eigenvalue weighted by Gasteiger charge is -2.31. The number of anilines is 2. The normalized spacial score (nSPS) is 14.8. The molecule has 0 unspecified atom stereocenters. The van der Waals surface area contributed by atoms with Crippen LogP contribution in [0.1, 0.15) is 25.0 Å². The summed E-state index contributed by atoms with van der Waals surface area (Å²) in [5, 5.41) is 2.89. The second-order valence-electron chi connectivity index (χ2n) is 7.60. The topological polar surface area (TPSA) is 79.0 Å². The van der Waals surface area contributed by atoms with Crippen molar-refractivity contribution in [2.45, 2.75) is 25.7 Å². The Balaban J connectivity index is 1.92. The molecule has 0 aliphatic carbocycles. The first-order valence-corrected chi connectivity index (χ1v) is 12.3. The molecule has 0 atom stereocenters. The Morgan fingerprint density at radius 3 is 2.50 bits per heavy atom. The molecule has 0 spiro atoms. The molecular weight excluding hydrogens is 426 g/mol. The maximum Gasteiger partial charge on any atom is 0.248 e. The SMILES string of the molecule is CCN(CC)S(=O)(=O)c1ccc(N2CCOCC2)c(NC(=O)/C=C/c2cccc(C)c2)c1. The molecule has 1 fully saturated rings. The van der Waals surface area contributed by atoms with Crippen LogP contribution in [0, 0.1) is 6.92 Å². The van der Waals surface area contributed by atoms with E-state index in [1.54, 1.807) is 24.3 Å². The molecular formula is C24H31N3O4S. The fraction of sp³-hybridized carbons (Fsp3) is 0.375. The highest BCUT2D eigenvalue weighted by Gasteiger charge is 2.24. The number of carbonyl (C=O) groups is 1. The highest BCUT2D eigenvalue weighted by Crippen LogP contribution is 2.31. The smallest absolute Gasteiger partial charge is 0.248 e. The second-order valence-corrected chi connectivity index (χ2v) is 9.54. The third kappa shape index (κ3) is 5.76. The molecule has 0 saturated carbocycles. The van der Waals surface area contributed by atoms with Gasteiger partial charge in [0.05, 0.1) is 29.5 Å². The Labute approximate surface area is 190 Å². The summed E-state index contributed by atoms with van der Waals surface area (Å²) in [4.78, 5) is 15.0. The van der Waals surface area contributed by atoms with Crippen molar-refractivity contribution in [1.29, 1.82) is 0 Å². The number of nitrogens with one attached hydrogen (secondary N) is 1. The largest absolute Gasteiger partial charge is 0.378 e. The zero-order valence-electron chi connectivity index (χ0n) is 18.9. The second kappa shape index (κ2) is 10.8. The molecule has 1 heterocycles. The Morgan fingerprint density at radius 1 is 1.12 bits per heavy atom. The van der Waals surface area contributed by atoms with E-state index in [0.717, 1.165) is 16.8 Å². The quantitative estimate of drug-likeness (QED) is 0.614. The Kier molecular flexibility index (Phi) is 8.06. The van der Waals surface area contributed by atoms with E-state index in [4.69, 9.17) is 4.74 Å². The molecule has 3 rings (SSSR count). The molecule has 172 valence electrons. The molecule has 1 aliphatic rings. The molecule has 1 amide bonds. The van der Waals surface area contributed by atoms with Gasteiger partial charge in [0.25, 0.3) is 0 Å². The molecule has 0 bridgehead atoms. The number of morpholine rings is 1. The summed E-state index contributed by atoms with van der Waals surface area (Å²) in [6.45, 7) is 8.88. The highest BCUT2D eigenvalue weighted by molar-refractivity contribution is 7.89. The molecule has 1 saturated heterocycles. The number of rotatable bonds is 8. The van der Waals surface area contributed by atoms with Gasteiger partial charge in [-0.1, -0.05) is 43.7 Å². The summed E-state index contributed by atoms with van der Waals surface area (Å²) in [6, 6.07) is 12.8. The number of ether oxygens (including phenoxy) is 1. The minimum Gasteiger partial charge on any atom is -0.378 e.